The van der Waals surface area contributed by atoms with Gasteiger partial charge in [0.15, 0.2) is 0 Å². The van der Waals surface area contributed by atoms with Gasteiger partial charge in [0, 0.05) is 47.9 Å². The number of benzene rings is 8. The van der Waals surface area contributed by atoms with E-state index in [-0.39, 0.29) is 5.41 Å². The summed E-state index contributed by atoms with van der Waals surface area (Å²) in [6.07, 6.45) is 0. The Kier molecular flexibility index (Phi) is 6.78. The van der Waals surface area contributed by atoms with Crippen molar-refractivity contribution in [3.8, 4) is 33.4 Å². The van der Waals surface area contributed by atoms with Gasteiger partial charge in [-0.3, -0.25) is 0 Å². The molecule has 1 aliphatic rings. The molecular weight excluding hydrogens is 635 g/mol. The third-order valence-corrected chi connectivity index (χ3v) is 12.2. The lowest BCUT2D eigenvalue weighted by atomic mass is 9.82. The second-order valence-electron chi connectivity index (χ2n) is 14.1. The molecule has 1 aliphatic carbocycles. The largest absolute Gasteiger partial charge is 0.310 e. The highest BCUT2D eigenvalue weighted by Gasteiger charge is 2.36. The van der Waals surface area contributed by atoms with E-state index in [0.717, 1.165) is 17.1 Å². The summed E-state index contributed by atoms with van der Waals surface area (Å²) in [6, 6.07) is 64.5. The van der Waals surface area contributed by atoms with E-state index in [1.807, 2.05) is 11.3 Å². The van der Waals surface area contributed by atoms with Crippen LogP contribution in [0.25, 0.3) is 64.3 Å². The lowest BCUT2D eigenvalue weighted by Gasteiger charge is -2.27. The van der Waals surface area contributed by atoms with Crippen LogP contribution in [0, 0.1) is 0 Å². The number of hydrogen-bond acceptors (Lipinski definition) is 2. The van der Waals surface area contributed by atoms with Gasteiger partial charge < -0.3 is 4.90 Å². The van der Waals surface area contributed by atoms with Crippen LogP contribution in [0.2, 0.25) is 0 Å². The Morgan fingerprint density at radius 2 is 1.00 bits per heavy atom. The van der Waals surface area contributed by atoms with Crippen LogP contribution in [0.15, 0.2) is 176 Å². The van der Waals surface area contributed by atoms with E-state index in [1.54, 1.807) is 0 Å². The van der Waals surface area contributed by atoms with Crippen molar-refractivity contribution in [2.24, 2.45) is 0 Å². The Balaban J connectivity index is 1.10. The molecule has 2 heteroatoms. The highest BCUT2D eigenvalue weighted by molar-refractivity contribution is 7.27. The summed E-state index contributed by atoms with van der Waals surface area (Å²) in [5.41, 5.74) is 14.0. The highest BCUT2D eigenvalue weighted by atomic mass is 32.1. The fraction of sp³-hybridized carbons (Fsp3) is 0.0612. The third kappa shape index (κ3) is 4.67. The Morgan fingerprint density at radius 3 is 1.80 bits per heavy atom. The van der Waals surface area contributed by atoms with E-state index in [9.17, 15) is 0 Å². The number of fused-ring (bicyclic) bond motifs is 8. The van der Waals surface area contributed by atoms with Crippen molar-refractivity contribution in [3.05, 3.63) is 187 Å². The highest BCUT2D eigenvalue weighted by Crippen LogP contribution is 2.54. The second kappa shape index (κ2) is 11.6. The van der Waals surface area contributed by atoms with Crippen molar-refractivity contribution in [3.63, 3.8) is 0 Å². The predicted molar refractivity (Wildman–Crippen MR) is 220 cm³/mol. The molecule has 1 aromatic heterocycles. The first kappa shape index (κ1) is 29.9. The van der Waals surface area contributed by atoms with Crippen LogP contribution < -0.4 is 4.90 Å². The standard InChI is InChI=1S/C49H35NS/c1-49(2)43-20-9-8-17-42(43)46-44(49)31-30-41-40-19-11-18-39(47(40)51-48(41)46)35-24-28-37(29-25-35)50(45-21-10-15-34-14-6-7-16-38(34)45)36-26-22-33(23-27-36)32-12-4-3-5-13-32/h3-31H,1-2H3. The maximum atomic E-state index is 2.39. The molecule has 0 saturated carbocycles. The fourth-order valence-corrected chi connectivity index (χ4v) is 9.72. The van der Waals surface area contributed by atoms with E-state index in [4.69, 9.17) is 0 Å². The van der Waals surface area contributed by atoms with E-state index in [1.165, 1.54) is 75.5 Å². The van der Waals surface area contributed by atoms with E-state index < -0.39 is 0 Å². The predicted octanol–water partition coefficient (Wildman–Crippen LogP) is 14.3. The summed E-state index contributed by atoms with van der Waals surface area (Å²) in [5, 5.41) is 5.13. The Morgan fingerprint density at radius 1 is 0.412 bits per heavy atom. The van der Waals surface area contributed by atoms with Gasteiger partial charge >= 0.3 is 0 Å². The van der Waals surface area contributed by atoms with Crippen LogP contribution in [0.5, 0.6) is 0 Å². The molecule has 10 rings (SSSR count). The summed E-state index contributed by atoms with van der Waals surface area (Å²) >= 11 is 1.95. The zero-order valence-corrected chi connectivity index (χ0v) is 29.4. The summed E-state index contributed by atoms with van der Waals surface area (Å²) in [5.74, 6) is 0. The minimum Gasteiger partial charge on any atom is -0.310 e. The molecule has 0 amide bonds. The van der Waals surface area contributed by atoms with Gasteiger partial charge in [-0.15, -0.1) is 11.3 Å². The molecule has 0 unspecified atom stereocenters. The van der Waals surface area contributed by atoms with Gasteiger partial charge in [-0.1, -0.05) is 159 Å². The van der Waals surface area contributed by atoms with Crippen LogP contribution in [-0.4, -0.2) is 0 Å². The number of anilines is 3. The van der Waals surface area contributed by atoms with Gasteiger partial charge in [0.2, 0.25) is 0 Å². The smallest absolute Gasteiger partial charge is 0.0540 e. The number of hydrogen-bond donors (Lipinski definition) is 0. The van der Waals surface area contributed by atoms with Gasteiger partial charge in [0.25, 0.3) is 0 Å². The first-order chi connectivity index (χ1) is 25.1. The molecule has 0 atom stereocenters. The summed E-state index contributed by atoms with van der Waals surface area (Å²) in [6.45, 7) is 4.73. The van der Waals surface area contributed by atoms with Crippen molar-refractivity contribution >= 4 is 59.3 Å². The van der Waals surface area contributed by atoms with Gasteiger partial charge in [-0.2, -0.15) is 0 Å². The van der Waals surface area contributed by atoms with Crippen molar-refractivity contribution in [2.75, 3.05) is 4.90 Å². The molecule has 0 aliphatic heterocycles. The monoisotopic (exact) mass is 669 g/mol. The lowest BCUT2D eigenvalue weighted by molar-refractivity contribution is 0.661. The van der Waals surface area contributed by atoms with Gasteiger partial charge in [0.1, 0.15) is 0 Å². The van der Waals surface area contributed by atoms with Gasteiger partial charge in [0.05, 0.1) is 5.69 Å². The van der Waals surface area contributed by atoms with Crippen LogP contribution >= 0.6 is 11.3 Å². The van der Waals surface area contributed by atoms with Crippen LogP contribution in [-0.2, 0) is 5.41 Å². The molecular formula is C49H35NS. The molecule has 242 valence electrons. The molecule has 0 saturated heterocycles. The second-order valence-corrected chi connectivity index (χ2v) is 15.1. The van der Waals surface area contributed by atoms with Gasteiger partial charge in [-0.25, -0.2) is 0 Å². The molecule has 0 bridgehead atoms. The quantitative estimate of drug-likeness (QED) is 0.176. The van der Waals surface area contributed by atoms with Crippen LogP contribution in [0.4, 0.5) is 17.1 Å². The van der Waals surface area contributed by atoms with Gasteiger partial charge in [-0.05, 0) is 74.7 Å². The number of nitrogens with zero attached hydrogens (tertiary/aromatic N) is 1. The van der Waals surface area contributed by atoms with E-state index in [2.05, 4.69) is 195 Å². The molecule has 0 fully saturated rings. The minimum absolute atomic E-state index is 0.00717. The van der Waals surface area contributed by atoms with Crippen molar-refractivity contribution < 1.29 is 0 Å². The fourth-order valence-electron chi connectivity index (χ4n) is 8.32. The summed E-state index contributed by atoms with van der Waals surface area (Å²) in [7, 11) is 0. The van der Waals surface area contributed by atoms with Crippen molar-refractivity contribution in [2.45, 2.75) is 19.3 Å². The number of rotatable bonds is 5. The third-order valence-electron chi connectivity index (χ3n) is 10.9. The van der Waals surface area contributed by atoms with Crippen LogP contribution in [0.1, 0.15) is 25.0 Å². The lowest BCUT2D eigenvalue weighted by Crippen LogP contribution is -2.14. The zero-order chi connectivity index (χ0) is 34.1. The SMILES string of the molecule is CC1(C)c2ccccc2-c2c1ccc1c2sc2c(-c3ccc(N(c4ccc(-c5ccccc5)cc4)c4cccc5ccccc45)cc3)cccc21. The Hall–Kier alpha value is -5.96. The molecule has 0 radical (unpaired) electrons. The molecule has 9 aromatic rings. The first-order valence-electron chi connectivity index (χ1n) is 17.7. The van der Waals surface area contributed by atoms with E-state index in [0.29, 0.717) is 0 Å². The average molecular weight is 670 g/mol. The molecule has 51 heavy (non-hydrogen) atoms. The summed E-state index contributed by atoms with van der Waals surface area (Å²) < 4.78 is 2.74. The summed E-state index contributed by atoms with van der Waals surface area (Å²) in [4.78, 5) is 2.39. The normalized spacial score (nSPS) is 13.1. The molecule has 1 heterocycles. The van der Waals surface area contributed by atoms with E-state index >= 15 is 0 Å². The minimum atomic E-state index is -0.00717. The van der Waals surface area contributed by atoms with Crippen molar-refractivity contribution in [1.29, 1.82) is 0 Å². The molecule has 0 N–H and O–H groups in total. The van der Waals surface area contributed by atoms with Crippen molar-refractivity contribution in [1.82, 2.24) is 0 Å². The maximum absolute atomic E-state index is 2.39. The Bertz CT molecular complexity index is 2750. The molecule has 0 spiro atoms. The Labute approximate surface area is 302 Å². The number of thiophene rings is 1. The zero-order valence-electron chi connectivity index (χ0n) is 28.6. The maximum Gasteiger partial charge on any atom is 0.0540 e. The molecule has 8 aromatic carbocycles. The first-order valence-corrected chi connectivity index (χ1v) is 18.5. The molecule has 1 nitrogen and oxygen atoms in total. The van der Waals surface area contributed by atoms with Crippen LogP contribution in [0.3, 0.4) is 0 Å². The topological polar surface area (TPSA) is 3.24 Å². The average Bonchev–Trinajstić information content (AvgIpc) is 3.68.